The molecule has 1 aliphatic rings. The van der Waals surface area contributed by atoms with Gasteiger partial charge in [0.05, 0.1) is 0 Å². The van der Waals surface area contributed by atoms with Gasteiger partial charge < -0.3 is 19.7 Å². The smallest absolute Gasteiger partial charge is 0.449 e. The zero-order valence-electron chi connectivity index (χ0n) is 7.10. The minimum absolute atomic E-state index is 0.0161. The van der Waals surface area contributed by atoms with Crippen molar-refractivity contribution in [3.63, 3.8) is 0 Å². The van der Waals surface area contributed by atoms with Crippen molar-refractivity contribution in [2.75, 3.05) is 0 Å². The van der Waals surface area contributed by atoms with E-state index in [2.05, 4.69) is 9.47 Å². The highest BCUT2D eigenvalue weighted by atomic mass is 16.7. The Morgan fingerprint density at radius 2 is 1.86 bits per heavy atom. The Morgan fingerprint density at radius 1 is 1.21 bits per heavy atom. The van der Waals surface area contributed by atoms with Gasteiger partial charge in [0.25, 0.3) is 0 Å². The molecule has 2 N–H and O–H groups in total. The molecule has 0 atom stereocenters. The van der Waals surface area contributed by atoms with E-state index in [1.165, 1.54) is 6.08 Å². The molecular weight excluding hydrogens is 192 g/mol. The van der Waals surface area contributed by atoms with Crippen LogP contribution in [0.5, 0.6) is 0 Å². The van der Waals surface area contributed by atoms with Crippen LogP contribution in [-0.4, -0.2) is 22.5 Å². The number of rotatable bonds is 2. The first kappa shape index (κ1) is 10.1. The zero-order valence-corrected chi connectivity index (χ0v) is 7.10. The summed E-state index contributed by atoms with van der Waals surface area (Å²) in [5.74, 6) is -0.0615. The number of hydrogen-bond donors (Lipinski definition) is 2. The van der Waals surface area contributed by atoms with Gasteiger partial charge >= 0.3 is 12.3 Å². The Balaban J connectivity index is 2.80. The maximum absolute atomic E-state index is 10.2. The predicted octanol–water partition coefficient (Wildman–Crippen LogP) is 1.94. The van der Waals surface area contributed by atoms with Crippen molar-refractivity contribution in [2.24, 2.45) is 0 Å². The van der Waals surface area contributed by atoms with E-state index in [4.69, 9.17) is 10.2 Å². The largest absolute Gasteiger partial charge is 0.511 e. The number of ether oxygens (including phenoxy) is 2. The molecule has 76 valence electrons. The molecule has 1 aliphatic carbocycles. The van der Waals surface area contributed by atoms with E-state index in [9.17, 15) is 9.59 Å². The summed E-state index contributed by atoms with van der Waals surface area (Å²) in [5, 5.41) is 16.7. The summed E-state index contributed by atoms with van der Waals surface area (Å²) in [4.78, 5) is 20.4. The van der Waals surface area contributed by atoms with Gasteiger partial charge in [-0.05, 0) is 12.5 Å². The highest BCUT2D eigenvalue weighted by Crippen LogP contribution is 2.21. The van der Waals surface area contributed by atoms with Crippen molar-refractivity contribution < 1.29 is 29.3 Å². The number of carbonyl (C=O) groups is 2. The van der Waals surface area contributed by atoms with Gasteiger partial charge in [0.2, 0.25) is 0 Å². The lowest BCUT2D eigenvalue weighted by atomic mass is 10.1. The third kappa shape index (κ3) is 2.81. The third-order valence-electron chi connectivity index (χ3n) is 1.49. The molecule has 0 aromatic heterocycles. The van der Waals surface area contributed by atoms with Gasteiger partial charge in [-0.3, -0.25) is 0 Å². The van der Waals surface area contributed by atoms with Crippen LogP contribution < -0.4 is 0 Å². The van der Waals surface area contributed by atoms with Crippen LogP contribution in [0.2, 0.25) is 0 Å². The van der Waals surface area contributed by atoms with E-state index in [0.717, 1.165) is 0 Å². The summed E-state index contributed by atoms with van der Waals surface area (Å²) in [7, 11) is 0. The Kier molecular flexibility index (Phi) is 3.11. The summed E-state index contributed by atoms with van der Waals surface area (Å²) in [6, 6.07) is 0. The van der Waals surface area contributed by atoms with Crippen LogP contribution in [0.25, 0.3) is 0 Å². The van der Waals surface area contributed by atoms with Crippen molar-refractivity contribution in [1.29, 1.82) is 0 Å². The van der Waals surface area contributed by atoms with Gasteiger partial charge in [-0.2, -0.15) is 0 Å². The minimum atomic E-state index is -1.50. The van der Waals surface area contributed by atoms with E-state index in [1.807, 2.05) is 0 Å². The molecule has 14 heavy (non-hydrogen) atoms. The molecule has 6 heteroatoms. The molecule has 0 aliphatic heterocycles. The molecule has 0 amide bonds. The van der Waals surface area contributed by atoms with Crippen molar-refractivity contribution in [3.8, 4) is 0 Å². The van der Waals surface area contributed by atoms with Crippen LogP contribution >= 0.6 is 0 Å². The van der Waals surface area contributed by atoms with E-state index >= 15 is 0 Å². The fourth-order valence-electron chi connectivity index (χ4n) is 1.01. The van der Waals surface area contributed by atoms with Gasteiger partial charge in [-0.1, -0.05) is 6.08 Å². The average molecular weight is 200 g/mol. The summed E-state index contributed by atoms with van der Waals surface area (Å²) in [5.41, 5.74) is 0. The maximum Gasteiger partial charge on any atom is 0.511 e. The van der Waals surface area contributed by atoms with Gasteiger partial charge in [0, 0.05) is 6.42 Å². The second kappa shape index (κ2) is 4.31. The second-order valence-electron chi connectivity index (χ2n) is 2.46. The monoisotopic (exact) mass is 200 g/mol. The summed E-state index contributed by atoms with van der Waals surface area (Å²) >= 11 is 0. The maximum atomic E-state index is 10.2. The van der Waals surface area contributed by atoms with E-state index in [0.29, 0.717) is 12.8 Å². The Hall–Kier alpha value is -1.98. The van der Waals surface area contributed by atoms with E-state index in [1.54, 1.807) is 6.08 Å². The third-order valence-corrected chi connectivity index (χ3v) is 1.49. The molecule has 0 saturated heterocycles. The molecule has 0 saturated carbocycles. The van der Waals surface area contributed by atoms with Crippen LogP contribution in [0.1, 0.15) is 12.8 Å². The average Bonchev–Trinajstić information content (AvgIpc) is 2.06. The van der Waals surface area contributed by atoms with Crippen LogP contribution in [0, 0.1) is 0 Å². The molecule has 0 spiro atoms. The van der Waals surface area contributed by atoms with Gasteiger partial charge in [0.1, 0.15) is 0 Å². The van der Waals surface area contributed by atoms with Crippen LogP contribution in [-0.2, 0) is 9.47 Å². The van der Waals surface area contributed by atoms with Gasteiger partial charge in [-0.15, -0.1) is 0 Å². The van der Waals surface area contributed by atoms with E-state index in [-0.39, 0.29) is 11.5 Å². The highest BCUT2D eigenvalue weighted by Gasteiger charge is 2.16. The molecule has 1 rings (SSSR count). The first-order chi connectivity index (χ1) is 6.59. The SMILES string of the molecule is O=C(O)OC1=C(OC(=O)O)CCC=C1. The normalized spacial score (nSPS) is 15.1. The molecule has 0 aromatic carbocycles. The van der Waals surface area contributed by atoms with Crippen LogP contribution in [0.15, 0.2) is 23.7 Å². The van der Waals surface area contributed by atoms with Gasteiger partial charge in [-0.25, -0.2) is 9.59 Å². The Bertz CT molecular complexity index is 314. The molecule has 0 aromatic rings. The highest BCUT2D eigenvalue weighted by molar-refractivity contribution is 5.61. The van der Waals surface area contributed by atoms with Crippen molar-refractivity contribution >= 4 is 12.3 Å². The number of carboxylic acid groups (broad SMARTS) is 2. The zero-order chi connectivity index (χ0) is 10.6. The number of allylic oxidation sites excluding steroid dienone is 3. The lowest BCUT2D eigenvalue weighted by Crippen LogP contribution is -2.09. The summed E-state index contributed by atoms with van der Waals surface area (Å²) < 4.78 is 8.69. The lowest BCUT2D eigenvalue weighted by molar-refractivity contribution is 0.0970. The Labute approximate surface area is 79.0 Å². The Morgan fingerprint density at radius 3 is 2.43 bits per heavy atom. The number of hydrogen-bond acceptors (Lipinski definition) is 4. The molecule has 6 nitrogen and oxygen atoms in total. The van der Waals surface area contributed by atoms with Crippen LogP contribution in [0.4, 0.5) is 9.59 Å². The quantitative estimate of drug-likeness (QED) is 0.661. The first-order valence-electron chi connectivity index (χ1n) is 3.81. The van der Waals surface area contributed by atoms with Crippen molar-refractivity contribution in [2.45, 2.75) is 12.8 Å². The fraction of sp³-hybridized carbons (Fsp3) is 0.250. The molecular formula is C8H8O6. The molecule has 0 radical (unpaired) electrons. The topological polar surface area (TPSA) is 93.1 Å². The summed E-state index contributed by atoms with van der Waals surface area (Å²) in [6.07, 6.45) is 0.962. The molecule has 0 unspecified atom stereocenters. The van der Waals surface area contributed by atoms with Crippen LogP contribution in [0.3, 0.4) is 0 Å². The van der Waals surface area contributed by atoms with Crippen molar-refractivity contribution in [3.05, 3.63) is 23.7 Å². The van der Waals surface area contributed by atoms with Crippen molar-refractivity contribution in [1.82, 2.24) is 0 Å². The second-order valence-corrected chi connectivity index (χ2v) is 2.46. The fourth-order valence-corrected chi connectivity index (χ4v) is 1.01. The molecule has 0 bridgehead atoms. The van der Waals surface area contributed by atoms with Gasteiger partial charge in [0.15, 0.2) is 11.5 Å². The predicted molar refractivity (Wildman–Crippen MR) is 43.6 cm³/mol. The van der Waals surface area contributed by atoms with E-state index < -0.39 is 12.3 Å². The minimum Gasteiger partial charge on any atom is -0.449 e. The summed E-state index contributed by atoms with van der Waals surface area (Å²) in [6.45, 7) is 0. The standard InChI is InChI=1S/C8H8O6/c9-7(10)13-5-3-1-2-4-6(5)14-8(11)12/h1,3H,2,4H2,(H,9,10)(H,11,12). The molecule has 0 heterocycles. The lowest BCUT2D eigenvalue weighted by Gasteiger charge is -2.12. The molecule has 0 fully saturated rings. The first-order valence-corrected chi connectivity index (χ1v) is 3.81.